The van der Waals surface area contributed by atoms with Gasteiger partial charge in [-0.3, -0.25) is 4.98 Å². The van der Waals surface area contributed by atoms with Crippen molar-refractivity contribution in [2.45, 2.75) is 12.4 Å². The van der Waals surface area contributed by atoms with Crippen molar-refractivity contribution in [2.24, 2.45) is 0 Å². The number of nitrogens with zero attached hydrogens (tertiary/aromatic N) is 5. The molecule has 0 aliphatic rings. The van der Waals surface area contributed by atoms with E-state index >= 15 is 0 Å². The zero-order valence-electron chi connectivity index (χ0n) is 17.5. The van der Waals surface area contributed by atoms with Crippen molar-refractivity contribution in [2.75, 3.05) is 0 Å². The summed E-state index contributed by atoms with van der Waals surface area (Å²) in [5, 5.41) is 13.9. The SMILES string of the molecule is N#C/C(=C/n1nc(-c2ccc(C(F)(F)F)cc2)nc1-c1ccc(C(F)(F)F)cc1)c1ccncc1. The molecule has 0 aliphatic heterocycles. The molecule has 2 aromatic carbocycles. The van der Waals surface area contributed by atoms with Gasteiger partial charge in [-0.2, -0.15) is 31.6 Å². The first-order chi connectivity index (χ1) is 16.6. The van der Waals surface area contributed by atoms with Crippen molar-refractivity contribution < 1.29 is 26.3 Å². The molecule has 0 spiro atoms. The van der Waals surface area contributed by atoms with Crippen LogP contribution in [0.1, 0.15) is 16.7 Å². The zero-order valence-corrected chi connectivity index (χ0v) is 17.5. The van der Waals surface area contributed by atoms with E-state index in [9.17, 15) is 31.6 Å². The highest BCUT2D eigenvalue weighted by Crippen LogP contribution is 2.33. The predicted octanol–water partition coefficient (Wildman–Crippen LogP) is 6.57. The van der Waals surface area contributed by atoms with Gasteiger partial charge >= 0.3 is 12.4 Å². The van der Waals surface area contributed by atoms with Gasteiger partial charge in [0.1, 0.15) is 6.07 Å². The lowest BCUT2D eigenvalue weighted by Gasteiger charge is -2.07. The number of aromatic nitrogens is 4. The number of hydrogen-bond acceptors (Lipinski definition) is 4. The van der Waals surface area contributed by atoms with Gasteiger partial charge in [0.2, 0.25) is 0 Å². The van der Waals surface area contributed by atoms with E-state index in [2.05, 4.69) is 15.1 Å². The smallest absolute Gasteiger partial charge is 0.265 e. The Morgan fingerprint density at radius 2 is 1.29 bits per heavy atom. The lowest BCUT2D eigenvalue weighted by molar-refractivity contribution is -0.138. The lowest BCUT2D eigenvalue weighted by Crippen LogP contribution is -2.04. The van der Waals surface area contributed by atoms with E-state index in [4.69, 9.17) is 0 Å². The maximum atomic E-state index is 13.0. The quantitative estimate of drug-likeness (QED) is 0.242. The number of nitriles is 1. The minimum absolute atomic E-state index is 0.0249. The second-order valence-electron chi connectivity index (χ2n) is 7.24. The van der Waals surface area contributed by atoms with Crippen LogP contribution in [-0.2, 0) is 12.4 Å². The summed E-state index contributed by atoms with van der Waals surface area (Å²) in [7, 11) is 0. The number of benzene rings is 2. The molecule has 4 rings (SSSR count). The van der Waals surface area contributed by atoms with Crippen LogP contribution >= 0.6 is 0 Å². The fourth-order valence-corrected chi connectivity index (χ4v) is 3.17. The summed E-state index contributed by atoms with van der Waals surface area (Å²) < 4.78 is 78.9. The molecule has 0 amide bonds. The van der Waals surface area contributed by atoms with Gasteiger partial charge in [0, 0.05) is 29.7 Å². The van der Waals surface area contributed by atoms with Crippen LogP contribution in [0.2, 0.25) is 0 Å². The molecular formula is C24H13F6N5. The Morgan fingerprint density at radius 3 is 1.77 bits per heavy atom. The average molecular weight is 485 g/mol. The van der Waals surface area contributed by atoms with E-state index < -0.39 is 23.5 Å². The summed E-state index contributed by atoms with van der Waals surface area (Å²) in [6, 6.07) is 13.5. The van der Waals surface area contributed by atoms with E-state index in [-0.39, 0.29) is 28.3 Å². The monoisotopic (exact) mass is 485 g/mol. The van der Waals surface area contributed by atoms with Crippen LogP contribution in [0.3, 0.4) is 0 Å². The number of rotatable bonds is 4. The molecule has 0 saturated heterocycles. The Morgan fingerprint density at radius 1 is 0.771 bits per heavy atom. The topological polar surface area (TPSA) is 67.4 Å². The summed E-state index contributed by atoms with van der Waals surface area (Å²) in [5.74, 6) is 0.118. The van der Waals surface area contributed by atoms with Gasteiger partial charge < -0.3 is 0 Å². The first kappa shape index (κ1) is 23.7. The molecule has 0 fully saturated rings. The van der Waals surface area contributed by atoms with Gasteiger partial charge in [0.05, 0.1) is 16.7 Å². The first-order valence-corrected chi connectivity index (χ1v) is 9.90. The Kier molecular flexibility index (Phi) is 6.13. The molecule has 0 N–H and O–H groups in total. The molecule has 0 aliphatic carbocycles. The molecule has 0 radical (unpaired) electrons. The number of pyridine rings is 1. The summed E-state index contributed by atoms with van der Waals surface area (Å²) >= 11 is 0. The van der Waals surface area contributed by atoms with E-state index in [1.807, 2.05) is 6.07 Å². The van der Waals surface area contributed by atoms with Crippen LogP contribution in [0.15, 0.2) is 73.1 Å². The molecule has 0 saturated carbocycles. The second-order valence-corrected chi connectivity index (χ2v) is 7.24. The van der Waals surface area contributed by atoms with E-state index in [1.54, 1.807) is 12.1 Å². The molecule has 5 nitrogen and oxygen atoms in total. The molecule has 2 heterocycles. The van der Waals surface area contributed by atoms with Crippen molar-refractivity contribution in [3.63, 3.8) is 0 Å². The number of allylic oxidation sites excluding steroid dienone is 1. The maximum absolute atomic E-state index is 13.0. The fourth-order valence-electron chi connectivity index (χ4n) is 3.17. The van der Waals surface area contributed by atoms with Gasteiger partial charge in [-0.15, -0.1) is 5.10 Å². The van der Waals surface area contributed by atoms with Crippen LogP contribution in [-0.4, -0.2) is 19.7 Å². The van der Waals surface area contributed by atoms with Crippen LogP contribution in [0.5, 0.6) is 0 Å². The number of alkyl halides is 6. The molecule has 2 aromatic heterocycles. The minimum Gasteiger partial charge on any atom is -0.265 e. The lowest BCUT2D eigenvalue weighted by atomic mass is 10.1. The van der Waals surface area contributed by atoms with Crippen molar-refractivity contribution >= 4 is 11.8 Å². The van der Waals surface area contributed by atoms with Crippen molar-refractivity contribution in [1.29, 1.82) is 5.26 Å². The largest absolute Gasteiger partial charge is 0.416 e. The molecule has 0 bridgehead atoms. The van der Waals surface area contributed by atoms with Crippen molar-refractivity contribution in [1.82, 2.24) is 19.7 Å². The normalized spacial score (nSPS) is 12.4. The van der Waals surface area contributed by atoms with Crippen LogP contribution in [0.4, 0.5) is 26.3 Å². The van der Waals surface area contributed by atoms with Gasteiger partial charge in [0.15, 0.2) is 11.6 Å². The summed E-state index contributed by atoms with van der Waals surface area (Å²) in [4.78, 5) is 8.23. The van der Waals surface area contributed by atoms with Crippen molar-refractivity contribution in [3.8, 4) is 28.8 Å². The average Bonchev–Trinajstić information content (AvgIpc) is 3.26. The third kappa shape index (κ3) is 5.22. The Balaban J connectivity index is 1.83. The van der Waals surface area contributed by atoms with Crippen LogP contribution in [0, 0.1) is 11.3 Å². The third-order valence-electron chi connectivity index (χ3n) is 4.94. The summed E-state index contributed by atoms with van der Waals surface area (Å²) in [6.07, 6.45) is -4.76. The highest BCUT2D eigenvalue weighted by atomic mass is 19.4. The van der Waals surface area contributed by atoms with Gasteiger partial charge in [-0.05, 0) is 42.0 Å². The minimum atomic E-state index is -4.53. The highest BCUT2D eigenvalue weighted by molar-refractivity contribution is 5.85. The van der Waals surface area contributed by atoms with Crippen molar-refractivity contribution in [3.05, 3.63) is 89.7 Å². The molecule has 176 valence electrons. The molecule has 0 unspecified atom stereocenters. The highest BCUT2D eigenvalue weighted by Gasteiger charge is 2.31. The maximum Gasteiger partial charge on any atom is 0.416 e. The van der Waals surface area contributed by atoms with Crippen LogP contribution in [0.25, 0.3) is 34.5 Å². The summed E-state index contributed by atoms with van der Waals surface area (Å²) in [6.45, 7) is 0. The number of hydrogen-bond donors (Lipinski definition) is 0. The van der Waals surface area contributed by atoms with Gasteiger partial charge in [-0.1, -0.05) is 24.3 Å². The third-order valence-corrected chi connectivity index (χ3v) is 4.94. The standard InChI is InChI=1S/C24H13F6N5/c25-23(26,27)19-5-1-16(2-6-19)21-33-22(17-3-7-20(8-4-17)24(28,29)30)35(34-21)14-18(13-31)15-9-11-32-12-10-15/h1-12,14H/b18-14-. The predicted molar refractivity (Wildman–Crippen MR) is 115 cm³/mol. The first-order valence-electron chi connectivity index (χ1n) is 9.90. The van der Waals surface area contributed by atoms with E-state index in [0.717, 1.165) is 24.3 Å². The van der Waals surface area contributed by atoms with E-state index in [0.29, 0.717) is 5.56 Å². The van der Waals surface area contributed by atoms with Gasteiger partial charge in [-0.25, -0.2) is 9.67 Å². The second kappa shape index (κ2) is 9.06. The molecule has 0 atom stereocenters. The molecular weight excluding hydrogens is 472 g/mol. The zero-order chi connectivity index (χ0) is 25.2. The van der Waals surface area contributed by atoms with E-state index in [1.165, 1.54) is 47.5 Å². The molecule has 4 aromatic rings. The fraction of sp³-hybridized carbons (Fsp3) is 0.0833. The Hall–Kier alpha value is -4.46. The summed E-state index contributed by atoms with van der Waals surface area (Å²) in [5.41, 5.74) is -0.544. The van der Waals surface area contributed by atoms with Gasteiger partial charge in [0.25, 0.3) is 0 Å². The Bertz CT molecular complexity index is 1390. The molecule has 35 heavy (non-hydrogen) atoms. The Labute approximate surface area is 194 Å². The number of halogens is 6. The molecule has 11 heteroatoms. The van der Waals surface area contributed by atoms with Crippen LogP contribution < -0.4 is 0 Å².